The van der Waals surface area contributed by atoms with Gasteiger partial charge < -0.3 is 5.32 Å². The highest BCUT2D eigenvalue weighted by Crippen LogP contribution is 2.32. The predicted octanol–water partition coefficient (Wildman–Crippen LogP) is 3.46. The normalized spacial score (nSPS) is 16.7. The second-order valence-corrected chi connectivity index (χ2v) is 9.73. The highest BCUT2D eigenvalue weighted by molar-refractivity contribution is 7.92. The Labute approximate surface area is 152 Å². The Morgan fingerprint density at radius 2 is 1.73 bits per heavy atom. The van der Waals surface area contributed by atoms with E-state index in [2.05, 4.69) is 5.32 Å². The first-order valence-corrected chi connectivity index (χ1v) is 10.3. The molecule has 0 unspecified atom stereocenters. The van der Waals surface area contributed by atoms with Crippen LogP contribution in [0, 0.1) is 0 Å². The van der Waals surface area contributed by atoms with E-state index in [0.717, 1.165) is 25.0 Å². The largest absolute Gasteiger partial charge is 0.416 e. The van der Waals surface area contributed by atoms with E-state index in [-0.39, 0.29) is 6.54 Å². The van der Waals surface area contributed by atoms with Crippen LogP contribution in [0.25, 0.3) is 0 Å². The van der Waals surface area contributed by atoms with Crippen molar-refractivity contribution in [2.24, 2.45) is 0 Å². The number of carbonyl (C=O) groups excluding carboxylic acids is 1. The monoisotopic (exact) mass is 391 g/mol. The summed E-state index contributed by atoms with van der Waals surface area (Å²) in [7, 11) is -3.48. The number of carbonyl (C=O) groups is 1. The first-order valence-electron chi connectivity index (χ1n) is 8.58. The van der Waals surface area contributed by atoms with Crippen LogP contribution in [0.3, 0.4) is 0 Å². The summed E-state index contributed by atoms with van der Waals surface area (Å²) in [5, 5.41) is 2.11. The van der Waals surface area contributed by atoms with Gasteiger partial charge in [-0.15, -0.1) is 0 Å². The third-order valence-electron chi connectivity index (χ3n) is 4.84. The maximum absolute atomic E-state index is 12.9. The molecule has 2 rings (SSSR count). The van der Waals surface area contributed by atoms with Crippen LogP contribution in [-0.4, -0.2) is 31.9 Å². The lowest BCUT2D eigenvalue weighted by molar-refractivity contribution is -0.137. The van der Waals surface area contributed by atoms with Crippen LogP contribution in [0.1, 0.15) is 50.7 Å². The van der Waals surface area contributed by atoms with Crippen LogP contribution in [0.2, 0.25) is 0 Å². The number of alkyl halides is 3. The number of halogens is 3. The molecule has 1 amide bonds. The molecular weight excluding hydrogens is 367 g/mol. The van der Waals surface area contributed by atoms with Gasteiger partial charge in [0.15, 0.2) is 9.84 Å². The zero-order valence-corrected chi connectivity index (χ0v) is 15.7. The van der Waals surface area contributed by atoms with Crippen LogP contribution in [0.5, 0.6) is 0 Å². The first-order chi connectivity index (χ1) is 11.9. The summed E-state index contributed by atoms with van der Waals surface area (Å²) >= 11 is 0. The Morgan fingerprint density at radius 1 is 1.15 bits per heavy atom. The van der Waals surface area contributed by atoms with E-state index >= 15 is 0 Å². The molecule has 0 heterocycles. The van der Waals surface area contributed by atoms with E-state index in [0.29, 0.717) is 18.4 Å². The zero-order valence-electron chi connectivity index (χ0n) is 14.9. The van der Waals surface area contributed by atoms with E-state index in [9.17, 15) is 26.4 Å². The van der Waals surface area contributed by atoms with Gasteiger partial charge in [-0.1, -0.05) is 44.9 Å². The smallest absolute Gasteiger partial charge is 0.354 e. The number of amides is 1. The Hall–Kier alpha value is -1.57. The summed E-state index contributed by atoms with van der Waals surface area (Å²) in [5.74, 6) is -1.19. The molecule has 146 valence electrons. The second-order valence-electron chi connectivity index (χ2n) is 7.45. The van der Waals surface area contributed by atoms with Crippen LogP contribution >= 0.6 is 0 Å². The molecule has 8 heteroatoms. The number of hydrogen-bond donors (Lipinski definition) is 1. The molecule has 0 aromatic heterocycles. The average molecular weight is 391 g/mol. The van der Waals surface area contributed by atoms with Gasteiger partial charge in [0.05, 0.1) is 10.8 Å². The Balaban J connectivity index is 2.00. The lowest BCUT2D eigenvalue weighted by atomic mass is 9.83. The third-order valence-corrected chi connectivity index (χ3v) is 6.99. The molecule has 0 radical (unpaired) electrons. The number of sulfone groups is 1. The third kappa shape index (κ3) is 5.22. The fraction of sp³-hybridized carbons (Fsp3) is 0.611. The summed E-state index contributed by atoms with van der Waals surface area (Å²) in [5.41, 5.74) is -1.10. The number of benzene rings is 1. The molecule has 0 atom stereocenters. The van der Waals surface area contributed by atoms with Gasteiger partial charge in [-0.25, -0.2) is 8.42 Å². The standard InChI is InChI=1S/C18H24F3NO3S/c1-17(2,13-6-5-7-14(10-13)18(19,20)21)12-22-16(23)11-26(24,25)15-8-3-4-9-15/h5-7,10,15H,3-4,8-9,11-12H2,1-2H3,(H,22,23). The lowest BCUT2D eigenvalue weighted by Crippen LogP contribution is -2.40. The maximum Gasteiger partial charge on any atom is 0.416 e. The topological polar surface area (TPSA) is 63.2 Å². The molecule has 1 fully saturated rings. The van der Waals surface area contributed by atoms with Crippen molar-refractivity contribution in [2.75, 3.05) is 12.3 Å². The molecule has 4 nitrogen and oxygen atoms in total. The molecular formula is C18H24F3NO3S. The number of hydrogen-bond acceptors (Lipinski definition) is 3. The molecule has 1 aliphatic carbocycles. The molecule has 1 aliphatic rings. The van der Waals surface area contributed by atoms with Crippen molar-refractivity contribution in [1.29, 1.82) is 0 Å². The van der Waals surface area contributed by atoms with Gasteiger partial charge in [0.25, 0.3) is 0 Å². The zero-order chi connectivity index (χ0) is 19.6. The minimum Gasteiger partial charge on any atom is -0.354 e. The van der Waals surface area contributed by atoms with Crippen molar-refractivity contribution in [3.8, 4) is 0 Å². The molecule has 0 spiro atoms. The molecule has 0 saturated heterocycles. The second kappa shape index (κ2) is 7.58. The molecule has 1 aromatic rings. The SMILES string of the molecule is CC(C)(CNC(=O)CS(=O)(=O)C1CCCC1)c1cccc(C(F)(F)F)c1. The Bertz CT molecular complexity index is 751. The van der Waals surface area contributed by atoms with Gasteiger partial charge in [-0.05, 0) is 24.5 Å². The van der Waals surface area contributed by atoms with Crippen LogP contribution in [0.15, 0.2) is 24.3 Å². The first kappa shape index (κ1) is 20.7. The van der Waals surface area contributed by atoms with E-state index in [1.807, 2.05) is 0 Å². The van der Waals surface area contributed by atoms with Crippen molar-refractivity contribution < 1.29 is 26.4 Å². The van der Waals surface area contributed by atoms with Crippen molar-refractivity contribution in [1.82, 2.24) is 5.32 Å². The highest BCUT2D eigenvalue weighted by Gasteiger charge is 2.33. The minimum atomic E-state index is -4.44. The van der Waals surface area contributed by atoms with Gasteiger partial charge >= 0.3 is 6.18 Å². The summed E-state index contributed by atoms with van der Waals surface area (Å²) in [6.07, 6.45) is -1.55. The van der Waals surface area contributed by atoms with Crippen molar-refractivity contribution in [3.63, 3.8) is 0 Å². The number of rotatable bonds is 6. The molecule has 1 N–H and O–H groups in total. The summed E-state index contributed by atoms with van der Waals surface area (Å²) < 4.78 is 63.0. The van der Waals surface area contributed by atoms with Gasteiger partial charge in [0, 0.05) is 12.0 Å². The molecule has 0 aliphatic heterocycles. The summed E-state index contributed by atoms with van der Waals surface area (Å²) in [6.45, 7) is 3.45. The molecule has 1 saturated carbocycles. The maximum atomic E-state index is 12.9. The van der Waals surface area contributed by atoms with Gasteiger partial charge in [0.2, 0.25) is 5.91 Å². The van der Waals surface area contributed by atoms with E-state index < -0.39 is 43.9 Å². The predicted molar refractivity (Wildman–Crippen MR) is 93.5 cm³/mol. The van der Waals surface area contributed by atoms with Crippen molar-refractivity contribution in [3.05, 3.63) is 35.4 Å². The van der Waals surface area contributed by atoms with Crippen molar-refractivity contribution in [2.45, 2.75) is 56.4 Å². The van der Waals surface area contributed by atoms with Gasteiger partial charge in [-0.2, -0.15) is 13.2 Å². The molecule has 26 heavy (non-hydrogen) atoms. The van der Waals surface area contributed by atoms with Crippen LogP contribution in [0.4, 0.5) is 13.2 Å². The quantitative estimate of drug-likeness (QED) is 0.808. The average Bonchev–Trinajstić information content (AvgIpc) is 3.07. The fourth-order valence-electron chi connectivity index (χ4n) is 3.14. The van der Waals surface area contributed by atoms with Crippen molar-refractivity contribution >= 4 is 15.7 Å². The summed E-state index contributed by atoms with van der Waals surface area (Å²) in [4.78, 5) is 12.0. The molecule has 1 aromatic carbocycles. The van der Waals surface area contributed by atoms with E-state index in [1.165, 1.54) is 6.07 Å². The van der Waals surface area contributed by atoms with E-state index in [1.54, 1.807) is 19.9 Å². The number of nitrogens with one attached hydrogen (secondary N) is 1. The lowest BCUT2D eigenvalue weighted by Gasteiger charge is -2.26. The minimum absolute atomic E-state index is 0.0489. The van der Waals surface area contributed by atoms with Gasteiger partial charge in [-0.3, -0.25) is 4.79 Å². The summed E-state index contributed by atoms with van der Waals surface area (Å²) in [6, 6.07) is 4.94. The highest BCUT2D eigenvalue weighted by atomic mass is 32.2. The van der Waals surface area contributed by atoms with Gasteiger partial charge in [0.1, 0.15) is 5.75 Å². The van der Waals surface area contributed by atoms with E-state index in [4.69, 9.17) is 0 Å². The van der Waals surface area contributed by atoms with Crippen LogP contribution in [-0.2, 0) is 26.2 Å². The Kier molecular flexibility index (Phi) is 6.05. The Morgan fingerprint density at radius 3 is 2.31 bits per heavy atom. The fourth-order valence-corrected chi connectivity index (χ4v) is 4.89. The molecule has 0 bridgehead atoms. The van der Waals surface area contributed by atoms with Crippen LogP contribution < -0.4 is 5.32 Å².